The van der Waals surface area contributed by atoms with Crippen LogP contribution in [-0.2, 0) is 13.1 Å². The SMILES string of the molecule is CCNC(=NCc1ccc(CN2CCC(C)CC2)cc1)NC1CC1.I. The van der Waals surface area contributed by atoms with Crippen molar-refractivity contribution in [3.05, 3.63) is 35.4 Å². The third kappa shape index (κ3) is 7.13. The standard InChI is InChI=1S/C20H32N4.HI/c1-3-21-20(23-19-8-9-19)22-14-17-4-6-18(7-5-17)15-24-12-10-16(2)11-13-24;/h4-7,16,19H,3,8-15H2,1-2H3,(H2,21,22,23);1H. The molecule has 140 valence electrons. The number of halogens is 1. The molecule has 2 fully saturated rings. The van der Waals surface area contributed by atoms with Crippen LogP contribution in [0, 0.1) is 5.92 Å². The number of nitrogens with zero attached hydrogens (tertiary/aromatic N) is 2. The lowest BCUT2D eigenvalue weighted by molar-refractivity contribution is 0.185. The summed E-state index contributed by atoms with van der Waals surface area (Å²) >= 11 is 0. The van der Waals surface area contributed by atoms with Crippen LogP contribution in [0.1, 0.15) is 50.7 Å². The predicted octanol–water partition coefficient (Wildman–Crippen LogP) is 3.75. The average molecular weight is 456 g/mol. The molecule has 0 atom stereocenters. The number of hydrogen-bond acceptors (Lipinski definition) is 2. The first-order chi connectivity index (χ1) is 11.7. The maximum Gasteiger partial charge on any atom is 0.191 e. The summed E-state index contributed by atoms with van der Waals surface area (Å²) in [7, 11) is 0. The van der Waals surface area contributed by atoms with E-state index in [0.29, 0.717) is 6.04 Å². The molecule has 25 heavy (non-hydrogen) atoms. The zero-order valence-electron chi connectivity index (χ0n) is 15.6. The Morgan fingerprint density at radius 2 is 1.72 bits per heavy atom. The highest BCUT2D eigenvalue weighted by Gasteiger charge is 2.22. The molecule has 0 radical (unpaired) electrons. The van der Waals surface area contributed by atoms with Crippen LogP contribution in [0.15, 0.2) is 29.3 Å². The largest absolute Gasteiger partial charge is 0.357 e. The monoisotopic (exact) mass is 456 g/mol. The Hall–Kier alpha value is -0.820. The number of likely N-dealkylation sites (tertiary alicyclic amines) is 1. The maximum atomic E-state index is 4.70. The first kappa shape index (κ1) is 20.5. The molecule has 1 saturated carbocycles. The molecule has 0 spiro atoms. The summed E-state index contributed by atoms with van der Waals surface area (Å²) in [5.41, 5.74) is 2.69. The van der Waals surface area contributed by atoms with Crippen molar-refractivity contribution in [1.82, 2.24) is 15.5 Å². The van der Waals surface area contributed by atoms with Crippen LogP contribution in [0.2, 0.25) is 0 Å². The molecule has 1 aliphatic heterocycles. The summed E-state index contributed by atoms with van der Waals surface area (Å²) < 4.78 is 0. The van der Waals surface area contributed by atoms with Gasteiger partial charge in [0, 0.05) is 19.1 Å². The highest BCUT2D eigenvalue weighted by atomic mass is 127. The average Bonchev–Trinajstić information content (AvgIpc) is 3.40. The third-order valence-electron chi connectivity index (χ3n) is 4.99. The fourth-order valence-corrected chi connectivity index (χ4v) is 3.14. The Morgan fingerprint density at radius 3 is 2.32 bits per heavy atom. The van der Waals surface area contributed by atoms with Crippen LogP contribution in [-0.4, -0.2) is 36.5 Å². The van der Waals surface area contributed by atoms with Gasteiger partial charge in [-0.25, -0.2) is 4.99 Å². The lowest BCUT2D eigenvalue weighted by Crippen LogP contribution is -2.38. The third-order valence-corrected chi connectivity index (χ3v) is 4.99. The van der Waals surface area contributed by atoms with Gasteiger partial charge >= 0.3 is 0 Å². The molecular weight excluding hydrogens is 423 g/mol. The van der Waals surface area contributed by atoms with Gasteiger partial charge in [-0.2, -0.15) is 0 Å². The molecule has 1 aromatic rings. The normalized spacial score (nSPS) is 19.4. The van der Waals surface area contributed by atoms with Gasteiger partial charge in [-0.3, -0.25) is 4.90 Å². The van der Waals surface area contributed by atoms with Crippen LogP contribution < -0.4 is 10.6 Å². The Kier molecular flexibility index (Phi) is 8.49. The van der Waals surface area contributed by atoms with Gasteiger partial charge in [0.1, 0.15) is 0 Å². The maximum absolute atomic E-state index is 4.70. The second-order valence-corrected chi connectivity index (χ2v) is 7.39. The number of guanidine groups is 1. The van der Waals surface area contributed by atoms with E-state index in [9.17, 15) is 0 Å². The Morgan fingerprint density at radius 1 is 1.08 bits per heavy atom. The van der Waals surface area contributed by atoms with Gasteiger partial charge in [-0.15, -0.1) is 24.0 Å². The van der Waals surface area contributed by atoms with E-state index < -0.39 is 0 Å². The molecule has 5 heteroatoms. The molecule has 4 nitrogen and oxygen atoms in total. The van der Waals surface area contributed by atoms with E-state index in [1.165, 1.54) is 49.9 Å². The lowest BCUT2D eigenvalue weighted by Gasteiger charge is -2.30. The zero-order valence-corrected chi connectivity index (χ0v) is 18.0. The van der Waals surface area contributed by atoms with Crippen molar-refractivity contribution >= 4 is 29.9 Å². The lowest BCUT2D eigenvalue weighted by atomic mass is 9.99. The van der Waals surface area contributed by atoms with Gasteiger partial charge in [0.25, 0.3) is 0 Å². The molecule has 2 aliphatic rings. The van der Waals surface area contributed by atoms with Crippen molar-refractivity contribution in [2.45, 2.75) is 58.7 Å². The summed E-state index contributed by atoms with van der Waals surface area (Å²) in [4.78, 5) is 7.28. The summed E-state index contributed by atoms with van der Waals surface area (Å²) in [6, 6.07) is 9.63. The number of nitrogens with one attached hydrogen (secondary N) is 2. The molecule has 1 saturated heterocycles. The first-order valence-electron chi connectivity index (χ1n) is 9.58. The molecule has 0 aromatic heterocycles. The van der Waals surface area contributed by atoms with Crippen molar-refractivity contribution in [3.63, 3.8) is 0 Å². The van der Waals surface area contributed by atoms with E-state index in [2.05, 4.69) is 53.6 Å². The van der Waals surface area contributed by atoms with Crippen molar-refractivity contribution in [2.24, 2.45) is 10.9 Å². The van der Waals surface area contributed by atoms with Gasteiger partial charge in [-0.05, 0) is 62.7 Å². The molecule has 3 rings (SSSR count). The molecule has 0 amide bonds. The number of hydrogen-bond donors (Lipinski definition) is 2. The Bertz CT molecular complexity index is 531. The highest BCUT2D eigenvalue weighted by molar-refractivity contribution is 14.0. The fraction of sp³-hybridized carbons (Fsp3) is 0.650. The second kappa shape index (κ2) is 10.4. The molecule has 2 N–H and O–H groups in total. The van der Waals surface area contributed by atoms with E-state index in [-0.39, 0.29) is 24.0 Å². The summed E-state index contributed by atoms with van der Waals surface area (Å²) in [5, 5.41) is 6.79. The van der Waals surface area contributed by atoms with Crippen molar-refractivity contribution < 1.29 is 0 Å². The van der Waals surface area contributed by atoms with Crippen LogP contribution in [0.25, 0.3) is 0 Å². The zero-order chi connectivity index (χ0) is 16.8. The van der Waals surface area contributed by atoms with E-state index in [0.717, 1.165) is 31.5 Å². The molecule has 0 bridgehead atoms. The van der Waals surface area contributed by atoms with Gasteiger partial charge in [0.05, 0.1) is 6.54 Å². The smallest absolute Gasteiger partial charge is 0.191 e. The summed E-state index contributed by atoms with van der Waals surface area (Å²) in [6.45, 7) is 9.70. The van der Waals surface area contributed by atoms with Crippen LogP contribution >= 0.6 is 24.0 Å². The number of benzene rings is 1. The van der Waals surface area contributed by atoms with Crippen LogP contribution in [0.4, 0.5) is 0 Å². The quantitative estimate of drug-likeness (QED) is 0.389. The van der Waals surface area contributed by atoms with E-state index >= 15 is 0 Å². The van der Waals surface area contributed by atoms with E-state index in [1.807, 2.05) is 0 Å². The Balaban J connectivity index is 0.00000225. The molecule has 0 unspecified atom stereocenters. The molecule has 1 aliphatic carbocycles. The summed E-state index contributed by atoms with van der Waals surface area (Å²) in [5.74, 6) is 1.85. The van der Waals surface area contributed by atoms with E-state index in [1.54, 1.807) is 0 Å². The topological polar surface area (TPSA) is 39.7 Å². The predicted molar refractivity (Wildman–Crippen MR) is 117 cm³/mol. The van der Waals surface area contributed by atoms with Crippen molar-refractivity contribution in [1.29, 1.82) is 0 Å². The minimum atomic E-state index is 0. The minimum absolute atomic E-state index is 0. The second-order valence-electron chi connectivity index (χ2n) is 7.39. The summed E-state index contributed by atoms with van der Waals surface area (Å²) in [6.07, 6.45) is 5.23. The number of piperidine rings is 1. The molecular formula is C20H33IN4. The molecule has 1 aromatic carbocycles. The van der Waals surface area contributed by atoms with Gasteiger partial charge in [0.2, 0.25) is 0 Å². The van der Waals surface area contributed by atoms with Gasteiger partial charge in [-0.1, -0.05) is 31.2 Å². The molecule has 1 heterocycles. The van der Waals surface area contributed by atoms with Gasteiger partial charge in [0.15, 0.2) is 5.96 Å². The highest BCUT2D eigenvalue weighted by Crippen LogP contribution is 2.19. The number of aliphatic imine (C=N–C) groups is 1. The van der Waals surface area contributed by atoms with Crippen LogP contribution in [0.5, 0.6) is 0 Å². The first-order valence-corrected chi connectivity index (χ1v) is 9.58. The Labute approximate surface area is 169 Å². The van der Waals surface area contributed by atoms with Gasteiger partial charge < -0.3 is 10.6 Å². The minimum Gasteiger partial charge on any atom is -0.357 e. The number of rotatable bonds is 6. The van der Waals surface area contributed by atoms with Crippen molar-refractivity contribution in [2.75, 3.05) is 19.6 Å². The van der Waals surface area contributed by atoms with E-state index in [4.69, 9.17) is 4.99 Å². The van der Waals surface area contributed by atoms with Crippen LogP contribution in [0.3, 0.4) is 0 Å². The van der Waals surface area contributed by atoms with Crippen molar-refractivity contribution in [3.8, 4) is 0 Å². The fourth-order valence-electron chi connectivity index (χ4n) is 3.14.